The van der Waals surface area contributed by atoms with E-state index in [1.54, 1.807) is 0 Å². The minimum atomic E-state index is -3.74. The van der Waals surface area contributed by atoms with Crippen LogP contribution in [0.3, 0.4) is 0 Å². The summed E-state index contributed by atoms with van der Waals surface area (Å²) in [5, 5.41) is 11.1. The van der Waals surface area contributed by atoms with Crippen LogP contribution in [0.25, 0.3) is 0 Å². The van der Waals surface area contributed by atoms with E-state index in [0.29, 0.717) is 12.8 Å². The Bertz CT molecular complexity index is 1350. The Morgan fingerprint density at radius 3 is 1.98 bits per heavy atom. The van der Waals surface area contributed by atoms with Gasteiger partial charge in [0.15, 0.2) is 0 Å². The van der Waals surface area contributed by atoms with Gasteiger partial charge >= 0.3 is 6.03 Å². The second-order valence-electron chi connectivity index (χ2n) is 16.5. The Morgan fingerprint density at radius 1 is 0.920 bits per heavy atom. The standard InChI is InChI=1S/C35H63N7O7S/c1-13-18-36-31(45)28(43)25(20-23-15-14-16-23)37-30(44)27-24(22(2)3)17-19-42(27)32(46)29(35(7,8)9)39-33(47)38-26(34(4,5)6)21-41(12)50(48,49)40(10)11/h13,22-27,29H,1,14-21H2,2-12H3,(H,36,45)(H,37,44)(H2,38,39,47)/t24-,25?,26-,27+,29-/m1/s1. The van der Waals surface area contributed by atoms with Gasteiger partial charge in [-0.2, -0.15) is 17.0 Å². The summed E-state index contributed by atoms with van der Waals surface area (Å²) in [7, 11) is 0.559. The molecule has 1 saturated carbocycles. The van der Waals surface area contributed by atoms with Crippen LogP contribution in [0, 0.1) is 28.6 Å². The van der Waals surface area contributed by atoms with Crippen LogP contribution in [0.15, 0.2) is 12.7 Å². The number of nitrogens with zero attached hydrogens (tertiary/aromatic N) is 3. The van der Waals surface area contributed by atoms with Gasteiger partial charge in [-0.05, 0) is 41.4 Å². The number of Topliss-reactive ketones (excluding diaryl/α,β-unsaturated/α-hetero) is 1. The van der Waals surface area contributed by atoms with Crippen LogP contribution in [0.5, 0.6) is 0 Å². The number of hydrogen-bond donors (Lipinski definition) is 4. The fraction of sp³-hybridized carbons (Fsp3) is 0.800. The molecule has 286 valence electrons. The lowest BCUT2D eigenvalue weighted by atomic mass is 9.80. The molecule has 0 spiro atoms. The smallest absolute Gasteiger partial charge is 0.315 e. The number of carbonyl (C=O) groups excluding carboxylic acids is 5. The van der Waals surface area contributed by atoms with Crippen molar-refractivity contribution < 1.29 is 32.4 Å². The van der Waals surface area contributed by atoms with E-state index in [1.165, 1.54) is 36.4 Å². The first-order valence-corrected chi connectivity index (χ1v) is 19.1. The van der Waals surface area contributed by atoms with Gasteiger partial charge in [0.25, 0.3) is 16.1 Å². The van der Waals surface area contributed by atoms with Crippen LogP contribution < -0.4 is 21.3 Å². The average Bonchev–Trinajstić information content (AvgIpc) is 3.43. The summed E-state index contributed by atoms with van der Waals surface area (Å²) in [6, 6.07) is -4.27. The molecule has 1 heterocycles. The molecule has 2 rings (SSSR count). The lowest BCUT2D eigenvalue weighted by Gasteiger charge is -2.38. The largest absolute Gasteiger partial charge is 0.346 e. The average molecular weight is 726 g/mol. The zero-order valence-corrected chi connectivity index (χ0v) is 32.9. The SMILES string of the molecule is C=CCNC(=O)C(=O)C(CC1CCC1)NC(=O)[C@@H]1[C@@H](C(C)C)CCN1C(=O)[C@@H](NC(=O)N[C@H](CN(C)S(=O)(=O)N(C)C)C(C)(C)C)C(C)(C)C. The number of likely N-dealkylation sites (N-methyl/N-ethyl adjacent to an activating group) is 1. The summed E-state index contributed by atoms with van der Waals surface area (Å²) in [6.07, 6.45) is 5.21. The normalized spacial score (nSPS) is 20.6. The van der Waals surface area contributed by atoms with E-state index in [2.05, 4.69) is 27.8 Å². The molecule has 0 radical (unpaired) electrons. The highest BCUT2D eigenvalue weighted by Gasteiger charge is 2.48. The first-order valence-electron chi connectivity index (χ1n) is 17.7. The molecular weight excluding hydrogens is 662 g/mol. The topological polar surface area (TPSA) is 177 Å². The van der Waals surface area contributed by atoms with Crippen molar-refractivity contribution in [2.45, 2.75) is 112 Å². The number of likely N-dealkylation sites (tertiary alicyclic amines) is 1. The summed E-state index contributed by atoms with van der Waals surface area (Å²) in [5.74, 6) is -2.45. The highest BCUT2D eigenvalue weighted by molar-refractivity contribution is 7.86. The van der Waals surface area contributed by atoms with E-state index in [9.17, 15) is 32.4 Å². The van der Waals surface area contributed by atoms with Gasteiger partial charge in [0, 0.05) is 46.8 Å². The van der Waals surface area contributed by atoms with Gasteiger partial charge in [-0.15, -0.1) is 6.58 Å². The fourth-order valence-electron chi connectivity index (χ4n) is 6.37. The number of urea groups is 1. The zero-order chi connectivity index (χ0) is 38.4. The Labute approximate surface area is 300 Å². The predicted octanol–water partition coefficient (Wildman–Crippen LogP) is 2.27. The number of carbonyl (C=O) groups is 5. The third-order valence-electron chi connectivity index (χ3n) is 9.94. The predicted molar refractivity (Wildman–Crippen MR) is 194 cm³/mol. The van der Waals surface area contributed by atoms with Gasteiger partial charge in [0.1, 0.15) is 12.1 Å². The Balaban J connectivity index is 2.36. The van der Waals surface area contributed by atoms with Crippen LogP contribution >= 0.6 is 0 Å². The third kappa shape index (κ3) is 11.2. The summed E-state index contributed by atoms with van der Waals surface area (Å²) in [4.78, 5) is 69.6. The first kappa shape index (κ1) is 43.1. The van der Waals surface area contributed by atoms with Gasteiger partial charge in [0.2, 0.25) is 17.6 Å². The van der Waals surface area contributed by atoms with Gasteiger partial charge < -0.3 is 26.2 Å². The van der Waals surface area contributed by atoms with E-state index >= 15 is 0 Å². The fourth-order valence-corrected chi connectivity index (χ4v) is 7.26. The second kappa shape index (κ2) is 17.5. The minimum absolute atomic E-state index is 0.0115. The molecule has 50 heavy (non-hydrogen) atoms. The molecule has 0 aromatic rings. The Kier molecular flexibility index (Phi) is 15.1. The lowest BCUT2D eigenvalue weighted by Crippen LogP contribution is -2.62. The maximum Gasteiger partial charge on any atom is 0.315 e. The molecular formula is C35H63N7O7S. The van der Waals surface area contributed by atoms with Crippen molar-refractivity contribution in [3.8, 4) is 0 Å². The summed E-state index contributed by atoms with van der Waals surface area (Å²) in [6.45, 7) is 19.0. The van der Waals surface area contributed by atoms with Crippen LogP contribution in [-0.4, -0.2) is 116 Å². The molecule has 2 aliphatic rings. The van der Waals surface area contributed by atoms with E-state index < -0.39 is 74.7 Å². The molecule has 1 aliphatic heterocycles. The molecule has 14 nitrogen and oxygen atoms in total. The van der Waals surface area contributed by atoms with Crippen LogP contribution in [-0.2, 0) is 29.4 Å². The molecule has 5 amide bonds. The van der Waals surface area contributed by atoms with Crippen molar-refractivity contribution in [2.75, 3.05) is 40.8 Å². The maximum absolute atomic E-state index is 14.4. The van der Waals surface area contributed by atoms with Crippen molar-refractivity contribution in [3.63, 3.8) is 0 Å². The molecule has 0 aromatic heterocycles. The van der Waals surface area contributed by atoms with Gasteiger partial charge in [-0.1, -0.05) is 80.7 Å². The number of hydrogen-bond acceptors (Lipinski definition) is 7. The zero-order valence-electron chi connectivity index (χ0n) is 32.1. The van der Waals surface area contributed by atoms with Crippen LogP contribution in [0.2, 0.25) is 0 Å². The molecule has 2 fully saturated rings. The van der Waals surface area contributed by atoms with E-state index in [-0.39, 0.29) is 37.4 Å². The summed E-state index contributed by atoms with van der Waals surface area (Å²) >= 11 is 0. The van der Waals surface area contributed by atoms with Crippen molar-refractivity contribution in [1.29, 1.82) is 0 Å². The monoisotopic (exact) mass is 725 g/mol. The van der Waals surface area contributed by atoms with Crippen molar-refractivity contribution in [3.05, 3.63) is 12.7 Å². The molecule has 5 atom stereocenters. The first-order chi connectivity index (χ1) is 22.9. The lowest BCUT2D eigenvalue weighted by molar-refractivity contribution is -0.145. The van der Waals surface area contributed by atoms with Crippen molar-refractivity contribution >= 4 is 39.7 Å². The number of nitrogens with one attached hydrogen (secondary N) is 4. The Hall–Kier alpha value is -3.04. The van der Waals surface area contributed by atoms with Crippen molar-refractivity contribution in [2.24, 2.45) is 28.6 Å². The summed E-state index contributed by atoms with van der Waals surface area (Å²) in [5.41, 5.74) is -1.33. The van der Waals surface area contributed by atoms with Crippen LogP contribution in [0.4, 0.5) is 4.79 Å². The Morgan fingerprint density at radius 2 is 1.52 bits per heavy atom. The number of amides is 5. The van der Waals surface area contributed by atoms with Gasteiger partial charge in [-0.25, -0.2) is 4.79 Å². The van der Waals surface area contributed by atoms with Gasteiger partial charge in [0.05, 0.1) is 6.04 Å². The van der Waals surface area contributed by atoms with E-state index in [1.807, 2.05) is 55.4 Å². The highest BCUT2D eigenvalue weighted by Crippen LogP contribution is 2.35. The quantitative estimate of drug-likeness (QED) is 0.139. The van der Waals surface area contributed by atoms with Crippen LogP contribution in [0.1, 0.15) is 87.5 Å². The number of ketones is 1. The van der Waals surface area contributed by atoms with Gasteiger partial charge in [-0.3, -0.25) is 19.2 Å². The van der Waals surface area contributed by atoms with E-state index in [4.69, 9.17) is 0 Å². The molecule has 1 aliphatic carbocycles. The summed E-state index contributed by atoms with van der Waals surface area (Å²) < 4.78 is 27.7. The maximum atomic E-state index is 14.4. The molecule has 0 bridgehead atoms. The second-order valence-corrected chi connectivity index (χ2v) is 18.8. The molecule has 1 saturated heterocycles. The minimum Gasteiger partial charge on any atom is -0.346 e. The molecule has 1 unspecified atom stereocenters. The third-order valence-corrected chi connectivity index (χ3v) is 11.8. The highest BCUT2D eigenvalue weighted by atomic mass is 32.2. The molecule has 15 heteroatoms. The number of rotatable bonds is 16. The molecule has 0 aromatic carbocycles. The molecule has 4 N–H and O–H groups in total. The van der Waals surface area contributed by atoms with E-state index in [0.717, 1.165) is 23.6 Å². The van der Waals surface area contributed by atoms with Crippen molar-refractivity contribution in [1.82, 2.24) is 34.8 Å².